The van der Waals surface area contributed by atoms with Gasteiger partial charge in [0, 0.05) is 10.8 Å². The van der Waals surface area contributed by atoms with Gasteiger partial charge in [-0.1, -0.05) is 154 Å². The van der Waals surface area contributed by atoms with Crippen LogP contribution in [0.2, 0.25) is 44.8 Å². The van der Waals surface area contributed by atoms with Crippen LogP contribution in [0.4, 0.5) is 0 Å². The quantitative estimate of drug-likeness (QED) is 0.145. The molecule has 1 aliphatic carbocycles. The second kappa shape index (κ2) is 11.9. The van der Waals surface area contributed by atoms with Crippen LogP contribution in [-0.2, 0) is 5.16 Å². The maximum Gasteiger partial charge on any atom is 0.0933 e. The number of benzene rings is 2. The van der Waals surface area contributed by atoms with Gasteiger partial charge in [-0.15, -0.1) is 9.24 Å². The number of allylic oxidation sites excluding steroid dienone is 4. The normalized spacial score (nSPS) is 17.1. The predicted octanol–water partition coefficient (Wildman–Crippen LogP) is 11.8. The first-order chi connectivity index (χ1) is 20.7. The lowest BCUT2D eigenvalue weighted by atomic mass is 9.87. The van der Waals surface area contributed by atoms with Crippen LogP contribution in [0.5, 0.6) is 0 Å². The molecular formula is C39H54N2P2Si2. The fraction of sp³-hybridized carbons (Fsp3) is 0.436. The van der Waals surface area contributed by atoms with Crippen LogP contribution in [-0.4, -0.2) is 42.6 Å². The van der Waals surface area contributed by atoms with Crippen molar-refractivity contribution in [3.8, 4) is 0 Å². The molecule has 0 amide bonds. The Balaban J connectivity index is 1.91. The molecule has 2 atom stereocenters. The standard InChI is InChI=1S/C39H54N2P2Si2/c1-37(2,3)43(38(4,5)6)26-29-30(25-33(44(7,8)9)36(29)45(10,11)12)39(42,34-23-21-27-17-13-15-19-31(27)40-34)35-24-22-28-18-14-16-20-32(28)41-35/h13-25,36H,26,42H2,1-12H3. The van der Waals surface area contributed by atoms with E-state index >= 15 is 0 Å². The molecular weight excluding hydrogens is 615 g/mol. The van der Waals surface area contributed by atoms with Gasteiger partial charge in [0.1, 0.15) is 0 Å². The maximum absolute atomic E-state index is 5.44. The molecule has 45 heavy (non-hydrogen) atoms. The van der Waals surface area contributed by atoms with Gasteiger partial charge in [0.2, 0.25) is 0 Å². The number of pyridine rings is 2. The molecule has 238 valence electrons. The molecule has 0 aliphatic heterocycles. The molecule has 4 aromatic rings. The number of aromatic nitrogens is 2. The van der Waals surface area contributed by atoms with Crippen molar-refractivity contribution in [2.75, 3.05) is 6.16 Å². The smallest absolute Gasteiger partial charge is 0.0933 e. The van der Waals surface area contributed by atoms with Gasteiger partial charge in [-0.2, -0.15) is 0 Å². The predicted molar refractivity (Wildman–Crippen MR) is 211 cm³/mol. The zero-order chi connectivity index (χ0) is 33.2. The third kappa shape index (κ3) is 6.73. The molecule has 2 aromatic carbocycles. The molecule has 0 saturated heterocycles. The van der Waals surface area contributed by atoms with Crippen LogP contribution < -0.4 is 0 Å². The highest BCUT2D eigenvalue weighted by molar-refractivity contribution is 7.61. The minimum atomic E-state index is -1.69. The highest BCUT2D eigenvalue weighted by Crippen LogP contribution is 2.65. The van der Waals surface area contributed by atoms with E-state index in [0.717, 1.165) is 28.6 Å². The Morgan fingerprint density at radius 2 is 1.11 bits per heavy atom. The first kappa shape index (κ1) is 34.4. The number of hydrogen-bond acceptors (Lipinski definition) is 2. The fourth-order valence-electron chi connectivity index (χ4n) is 7.49. The van der Waals surface area contributed by atoms with Gasteiger partial charge in [-0.25, -0.2) is 0 Å². The number of rotatable bonds is 7. The van der Waals surface area contributed by atoms with Crippen molar-refractivity contribution in [2.45, 2.75) is 102 Å². The fourth-order valence-corrected chi connectivity index (χ4v) is 18.4. The van der Waals surface area contributed by atoms with Crippen molar-refractivity contribution in [2.24, 2.45) is 0 Å². The highest BCUT2D eigenvalue weighted by atomic mass is 31.1. The Morgan fingerprint density at radius 3 is 1.51 bits per heavy atom. The lowest BCUT2D eigenvalue weighted by molar-refractivity contribution is 0.704. The van der Waals surface area contributed by atoms with Crippen LogP contribution in [0.3, 0.4) is 0 Å². The van der Waals surface area contributed by atoms with Crippen molar-refractivity contribution in [1.82, 2.24) is 9.97 Å². The summed E-state index contributed by atoms with van der Waals surface area (Å²) >= 11 is 0. The molecule has 2 nitrogen and oxygen atoms in total. The number of fused-ring (bicyclic) bond motifs is 2. The first-order valence-corrected chi connectivity index (χ1v) is 25.7. The van der Waals surface area contributed by atoms with Crippen LogP contribution in [0.25, 0.3) is 21.8 Å². The molecule has 0 spiro atoms. The SMILES string of the molecule is CC(C)(C)P(CC1=C(C(P)(c2ccc3ccccc3n2)c2ccc3ccccc3n2)C=C([Si](C)(C)C)C1[Si](C)(C)C)C(C)(C)C. The molecule has 2 heterocycles. The van der Waals surface area contributed by atoms with Crippen LogP contribution in [0.15, 0.2) is 95.2 Å². The van der Waals surface area contributed by atoms with E-state index in [4.69, 9.17) is 9.97 Å². The van der Waals surface area contributed by atoms with E-state index < -0.39 is 21.3 Å². The number of para-hydroxylation sites is 2. The minimum absolute atomic E-state index is 0.226. The summed E-state index contributed by atoms with van der Waals surface area (Å²) in [6, 6.07) is 26.0. The van der Waals surface area contributed by atoms with Crippen molar-refractivity contribution in [1.29, 1.82) is 0 Å². The topological polar surface area (TPSA) is 25.8 Å². The lowest BCUT2D eigenvalue weighted by Crippen LogP contribution is -2.39. The zero-order valence-electron chi connectivity index (χ0n) is 29.7. The van der Waals surface area contributed by atoms with Crippen LogP contribution in [0, 0.1) is 0 Å². The van der Waals surface area contributed by atoms with Gasteiger partial charge in [0.15, 0.2) is 0 Å². The van der Waals surface area contributed by atoms with E-state index in [9.17, 15) is 0 Å². The van der Waals surface area contributed by atoms with Crippen LogP contribution >= 0.6 is 17.2 Å². The summed E-state index contributed by atoms with van der Waals surface area (Å²) in [4.78, 5) is 10.9. The van der Waals surface area contributed by atoms with Crippen molar-refractivity contribution in [3.05, 3.63) is 107 Å². The second-order valence-corrected chi connectivity index (χ2v) is 32.2. The maximum atomic E-state index is 5.44. The largest absolute Gasteiger partial charge is 0.251 e. The van der Waals surface area contributed by atoms with Gasteiger partial charge in [-0.3, -0.25) is 9.97 Å². The molecule has 0 radical (unpaired) electrons. The zero-order valence-corrected chi connectivity index (χ0v) is 33.8. The van der Waals surface area contributed by atoms with Gasteiger partial charge in [0.05, 0.1) is 43.7 Å². The monoisotopic (exact) mass is 668 g/mol. The summed E-state index contributed by atoms with van der Waals surface area (Å²) in [5.41, 5.74) is 7.80. The van der Waals surface area contributed by atoms with Gasteiger partial charge in [0.25, 0.3) is 0 Å². The molecule has 0 bridgehead atoms. The van der Waals surface area contributed by atoms with E-state index in [2.05, 4.69) is 169 Å². The summed E-state index contributed by atoms with van der Waals surface area (Å²) in [7, 11) is -0.358. The van der Waals surface area contributed by atoms with E-state index in [1.165, 1.54) is 16.3 Å². The van der Waals surface area contributed by atoms with Gasteiger partial charge >= 0.3 is 0 Å². The average molecular weight is 669 g/mol. The molecule has 0 saturated carbocycles. The Labute approximate surface area is 278 Å². The second-order valence-electron chi connectivity index (χ2n) is 17.1. The molecule has 0 fully saturated rings. The molecule has 2 aromatic heterocycles. The number of nitrogens with zero attached hydrogens (tertiary/aromatic N) is 2. The summed E-state index contributed by atoms with van der Waals surface area (Å²) < 4.78 is 0. The van der Waals surface area contributed by atoms with Gasteiger partial charge in [-0.05, 0) is 51.9 Å². The van der Waals surface area contributed by atoms with Crippen molar-refractivity contribution < 1.29 is 0 Å². The summed E-state index contributed by atoms with van der Waals surface area (Å²) in [6.45, 7) is 30.3. The Morgan fingerprint density at radius 1 is 0.667 bits per heavy atom. The van der Waals surface area contributed by atoms with Crippen molar-refractivity contribution in [3.63, 3.8) is 0 Å². The van der Waals surface area contributed by atoms with E-state index in [-0.39, 0.29) is 18.2 Å². The molecule has 6 heteroatoms. The van der Waals surface area contributed by atoms with E-state index in [1.54, 1.807) is 10.8 Å². The summed E-state index contributed by atoms with van der Waals surface area (Å²) in [5, 5.41) is 3.93. The van der Waals surface area contributed by atoms with E-state index in [0.29, 0.717) is 5.54 Å². The average Bonchev–Trinajstić information content (AvgIpc) is 3.35. The molecule has 1 aliphatic rings. The Kier molecular flexibility index (Phi) is 9.11. The third-order valence-corrected chi connectivity index (χ3v) is 19.1. The summed E-state index contributed by atoms with van der Waals surface area (Å²) in [6.07, 6.45) is 3.82. The van der Waals surface area contributed by atoms with E-state index in [1.807, 2.05) is 0 Å². The third-order valence-electron chi connectivity index (χ3n) is 9.41. The van der Waals surface area contributed by atoms with Crippen LogP contribution in [0.1, 0.15) is 52.9 Å². The molecule has 0 N–H and O–H groups in total. The first-order valence-electron chi connectivity index (χ1n) is 16.5. The highest BCUT2D eigenvalue weighted by Gasteiger charge is 2.49. The Hall–Kier alpha value is -1.97. The Bertz CT molecular complexity index is 1700. The van der Waals surface area contributed by atoms with Crippen molar-refractivity contribution >= 4 is 55.1 Å². The molecule has 2 unspecified atom stereocenters. The van der Waals surface area contributed by atoms with Gasteiger partial charge < -0.3 is 0 Å². The summed E-state index contributed by atoms with van der Waals surface area (Å²) in [5.74, 6) is 0. The number of hydrogen-bond donors (Lipinski definition) is 0. The minimum Gasteiger partial charge on any atom is -0.251 e. The lowest BCUT2D eigenvalue weighted by Gasteiger charge is -2.45. The molecule has 5 rings (SSSR count).